The third kappa shape index (κ3) is 4.26. The average molecular weight is 391 g/mol. The molecule has 1 aromatic carbocycles. The van der Waals surface area contributed by atoms with Gasteiger partial charge < -0.3 is 15.0 Å². The first-order chi connectivity index (χ1) is 14.1. The highest BCUT2D eigenvalue weighted by molar-refractivity contribution is 5.89. The number of urea groups is 1. The summed E-state index contributed by atoms with van der Waals surface area (Å²) >= 11 is 0. The normalized spacial score (nSPS) is 12.9. The number of carbonyl (C=O) groups excluding carboxylic acids is 1. The maximum atomic E-state index is 12.6. The lowest BCUT2D eigenvalue weighted by molar-refractivity contribution is 0.205. The summed E-state index contributed by atoms with van der Waals surface area (Å²) in [5.41, 5.74) is 3.01. The van der Waals surface area contributed by atoms with E-state index in [1.807, 2.05) is 24.3 Å². The van der Waals surface area contributed by atoms with E-state index < -0.39 is 0 Å². The number of aromatic nitrogens is 3. The summed E-state index contributed by atoms with van der Waals surface area (Å²) in [6, 6.07) is 12.3. The first kappa shape index (κ1) is 18.7. The average Bonchev–Trinajstić information content (AvgIpc) is 2.75. The molecule has 0 radical (unpaired) electrons. The fourth-order valence-corrected chi connectivity index (χ4v) is 3.29. The van der Waals surface area contributed by atoms with E-state index >= 15 is 0 Å². The monoisotopic (exact) mass is 391 g/mol. The standard InChI is InChI=1S/C21H21N5O3/c1-29-18-6-2-5-17(11-18)23-21(28)25-9-7-19-16(14-25)10-20(27)26(24-19)13-15-4-3-8-22-12-15/h2-6,8,10-12H,7,9,13-14H2,1H3,(H,23,28). The second-order valence-electron chi connectivity index (χ2n) is 6.81. The van der Waals surface area contributed by atoms with E-state index in [0.717, 1.165) is 16.8 Å². The molecule has 0 saturated heterocycles. The summed E-state index contributed by atoms with van der Waals surface area (Å²) in [6.07, 6.45) is 4.00. The SMILES string of the molecule is COc1cccc(NC(=O)N2CCc3nn(Cc4cccnc4)c(=O)cc3C2)c1. The van der Waals surface area contributed by atoms with E-state index in [-0.39, 0.29) is 11.6 Å². The predicted octanol–water partition coefficient (Wildman–Crippen LogP) is 2.29. The van der Waals surface area contributed by atoms with Crippen LogP contribution >= 0.6 is 0 Å². The summed E-state index contributed by atoms with van der Waals surface area (Å²) in [7, 11) is 1.58. The van der Waals surface area contributed by atoms with Crippen molar-refractivity contribution >= 4 is 11.7 Å². The molecule has 0 fully saturated rings. The van der Waals surface area contributed by atoms with Gasteiger partial charge in [-0.3, -0.25) is 9.78 Å². The quantitative estimate of drug-likeness (QED) is 0.737. The number of carbonyl (C=O) groups is 1. The van der Waals surface area contributed by atoms with Gasteiger partial charge in [-0.25, -0.2) is 9.48 Å². The van der Waals surface area contributed by atoms with Crippen molar-refractivity contribution in [2.75, 3.05) is 19.0 Å². The molecule has 1 aliphatic rings. The molecule has 3 aromatic rings. The Balaban J connectivity index is 1.47. The van der Waals surface area contributed by atoms with Crippen molar-refractivity contribution in [3.63, 3.8) is 0 Å². The van der Waals surface area contributed by atoms with Gasteiger partial charge in [0.05, 0.1) is 19.3 Å². The van der Waals surface area contributed by atoms with Crippen LogP contribution in [0.1, 0.15) is 16.8 Å². The molecule has 148 valence electrons. The lowest BCUT2D eigenvalue weighted by Gasteiger charge is -2.28. The van der Waals surface area contributed by atoms with Crippen molar-refractivity contribution < 1.29 is 9.53 Å². The summed E-state index contributed by atoms with van der Waals surface area (Å²) in [4.78, 5) is 30.9. The van der Waals surface area contributed by atoms with E-state index in [0.29, 0.717) is 37.5 Å². The number of nitrogens with zero attached hydrogens (tertiary/aromatic N) is 4. The number of ether oxygens (including phenoxy) is 1. The molecule has 0 aliphatic carbocycles. The number of hydrogen-bond acceptors (Lipinski definition) is 5. The lowest BCUT2D eigenvalue weighted by atomic mass is 10.1. The van der Waals surface area contributed by atoms with Crippen LogP contribution in [0.3, 0.4) is 0 Å². The highest BCUT2D eigenvalue weighted by Crippen LogP contribution is 2.19. The van der Waals surface area contributed by atoms with Gasteiger partial charge in [-0.1, -0.05) is 12.1 Å². The minimum Gasteiger partial charge on any atom is -0.497 e. The molecule has 1 N–H and O–H groups in total. The van der Waals surface area contributed by atoms with Gasteiger partial charge in [-0.15, -0.1) is 0 Å². The lowest BCUT2D eigenvalue weighted by Crippen LogP contribution is -2.40. The van der Waals surface area contributed by atoms with Crippen LogP contribution in [0.4, 0.5) is 10.5 Å². The van der Waals surface area contributed by atoms with Gasteiger partial charge in [-0.05, 0) is 23.8 Å². The summed E-state index contributed by atoms with van der Waals surface area (Å²) in [6.45, 7) is 1.25. The highest BCUT2D eigenvalue weighted by Gasteiger charge is 2.23. The smallest absolute Gasteiger partial charge is 0.322 e. The van der Waals surface area contributed by atoms with E-state index in [4.69, 9.17) is 4.74 Å². The summed E-state index contributed by atoms with van der Waals surface area (Å²) in [5, 5.41) is 7.38. The van der Waals surface area contributed by atoms with Gasteiger partial charge in [0.2, 0.25) is 0 Å². The number of benzene rings is 1. The number of amides is 2. The van der Waals surface area contributed by atoms with Gasteiger partial charge in [0.25, 0.3) is 5.56 Å². The van der Waals surface area contributed by atoms with Crippen LogP contribution in [0, 0.1) is 0 Å². The zero-order valence-electron chi connectivity index (χ0n) is 16.0. The van der Waals surface area contributed by atoms with Crippen LogP contribution in [0.2, 0.25) is 0 Å². The van der Waals surface area contributed by atoms with Gasteiger partial charge in [0.15, 0.2) is 0 Å². The van der Waals surface area contributed by atoms with Gasteiger partial charge in [-0.2, -0.15) is 5.10 Å². The van der Waals surface area contributed by atoms with Crippen molar-refractivity contribution in [3.05, 3.63) is 82.0 Å². The molecule has 2 amide bonds. The Hall–Kier alpha value is -3.68. The van der Waals surface area contributed by atoms with Gasteiger partial charge >= 0.3 is 6.03 Å². The fourth-order valence-electron chi connectivity index (χ4n) is 3.29. The number of anilines is 1. The van der Waals surface area contributed by atoms with E-state index in [9.17, 15) is 9.59 Å². The van der Waals surface area contributed by atoms with Crippen LogP contribution in [-0.4, -0.2) is 39.4 Å². The number of rotatable bonds is 4. The minimum atomic E-state index is -0.219. The Labute approximate surface area is 167 Å². The van der Waals surface area contributed by atoms with Crippen molar-refractivity contribution in [2.45, 2.75) is 19.5 Å². The largest absolute Gasteiger partial charge is 0.497 e. The number of nitrogens with one attached hydrogen (secondary N) is 1. The summed E-state index contributed by atoms with van der Waals surface area (Å²) in [5.74, 6) is 0.671. The predicted molar refractivity (Wildman–Crippen MR) is 108 cm³/mol. The van der Waals surface area contributed by atoms with Crippen LogP contribution < -0.4 is 15.6 Å². The zero-order chi connectivity index (χ0) is 20.2. The molecule has 29 heavy (non-hydrogen) atoms. The van der Waals surface area contributed by atoms with Crippen LogP contribution in [-0.2, 0) is 19.5 Å². The molecule has 1 aliphatic heterocycles. The minimum absolute atomic E-state index is 0.192. The molecular formula is C21H21N5O3. The molecule has 0 saturated carbocycles. The zero-order valence-corrected chi connectivity index (χ0v) is 16.0. The molecule has 8 heteroatoms. The molecule has 4 rings (SSSR count). The first-order valence-corrected chi connectivity index (χ1v) is 9.31. The second kappa shape index (κ2) is 8.14. The number of fused-ring (bicyclic) bond motifs is 1. The Morgan fingerprint density at radius 2 is 2.14 bits per heavy atom. The number of methoxy groups -OCH3 is 1. The molecule has 0 bridgehead atoms. The molecule has 3 heterocycles. The van der Waals surface area contributed by atoms with Crippen molar-refractivity contribution in [1.29, 1.82) is 0 Å². The van der Waals surface area contributed by atoms with Gasteiger partial charge in [0, 0.05) is 55.3 Å². The van der Waals surface area contributed by atoms with Crippen LogP contribution in [0.5, 0.6) is 5.75 Å². The Bertz CT molecular complexity index is 1080. The van der Waals surface area contributed by atoms with Gasteiger partial charge in [0.1, 0.15) is 5.75 Å². The van der Waals surface area contributed by atoms with E-state index in [2.05, 4.69) is 15.4 Å². The third-order valence-electron chi connectivity index (χ3n) is 4.81. The van der Waals surface area contributed by atoms with Crippen molar-refractivity contribution in [2.24, 2.45) is 0 Å². The molecule has 0 unspecified atom stereocenters. The number of hydrogen-bond donors (Lipinski definition) is 1. The van der Waals surface area contributed by atoms with Crippen molar-refractivity contribution in [1.82, 2.24) is 19.7 Å². The molecule has 8 nitrogen and oxygen atoms in total. The van der Waals surface area contributed by atoms with Crippen molar-refractivity contribution in [3.8, 4) is 5.75 Å². The Morgan fingerprint density at radius 3 is 2.93 bits per heavy atom. The van der Waals surface area contributed by atoms with Crippen LogP contribution in [0.15, 0.2) is 59.7 Å². The molecule has 0 spiro atoms. The topological polar surface area (TPSA) is 89.3 Å². The number of pyridine rings is 1. The second-order valence-corrected chi connectivity index (χ2v) is 6.81. The molecule has 2 aromatic heterocycles. The van der Waals surface area contributed by atoms with E-state index in [1.165, 1.54) is 4.68 Å². The summed E-state index contributed by atoms with van der Waals surface area (Å²) < 4.78 is 6.63. The Kier molecular flexibility index (Phi) is 5.24. The highest BCUT2D eigenvalue weighted by atomic mass is 16.5. The van der Waals surface area contributed by atoms with E-state index in [1.54, 1.807) is 42.6 Å². The maximum absolute atomic E-state index is 12.6. The molecular weight excluding hydrogens is 370 g/mol. The van der Waals surface area contributed by atoms with Crippen LogP contribution in [0.25, 0.3) is 0 Å². The Morgan fingerprint density at radius 1 is 1.24 bits per heavy atom. The first-order valence-electron chi connectivity index (χ1n) is 9.31. The maximum Gasteiger partial charge on any atom is 0.322 e. The fraction of sp³-hybridized carbons (Fsp3) is 0.238. The third-order valence-corrected chi connectivity index (χ3v) is 4.81. The molecule has 0 atom stereocenters.